The Morgan fingerprint density at radius 2 is 1.66 bits per heavy atom. The number of carbonyl (C=O) groups is 3. The van der Waals surface area contributed by atoms with Crippen LogP contribution in [0.1, 0.15) is 27.0 Å². The highest BCUT2D eigenvalue weighted by Gasteiger charge is 2.34. The zero-order chi connectivity index (χ0) is 29.5. The fourth-order valence-electron chi connectivity index (χ4n) is 3.62. The summed E-state index contributed by atoms with van der Waals surface area (Å²) in [5, 5.41) is 5.10. The lowest BCUT2D eigenvalue weighted by molar-refractivity contribution is -0.136. The van der Waals surface area contributed by atoms with E-state index in [4.69, 9.17) is 4.84 Å². The lowest BCUT2D eigenvalue weighted by atomic mass is 10.1. The average Bonchev–Trinajstić information content (AvgIpc) is 2.95. The predicted molar refractivity (Wildman–Crippen MR) is 152 cm³/mol. The lowest BCUT2D eigenvalue weighted by Crippen LogP contribution is -2.26. The van der Waals surface area contributed by atoms with Crippen LogP contribution in [-0.4, -0.2) is 42.8 Å². The van der Waals surface area contributed by atoms with Crippen LogP contribution in [0.3, 0.4) is 0 Å². The Morgan fingerprint density at radius 3 is 2.41 bits per heavy atom. The van der Waals surface area contributed by atoms with Gasteiger partial charge in [0.1, 0.15) is 0 Å². The van der Waals surface area contributed by atoms with E-state index in [2.05, 4.69) is 27.0 Å². The molecule has 3 aromatic rings. The van der Waals surface area contributed by atoms with Gasteiger partial charge in [-0.15, -0.1) is 0 Å². The van der Waals surface area contributed by atoms with Crippen LogP contribution in [0, 0.1) is 0 Å². The number of thioether (sulfide) groups is 1. The number of hydroxylamine groups is 1. The van der Waals surface area contributed by atoms with E-state index in [1.807, 2.05) is 30.3 Å². The van der Waals surface area contributed by atoms with Crippen molar-refractivity contribution in [1.82, 2.24) is 16.2 Å². The van der Waals surface area contributed by atoms with Gasteiger partial charge >= 0.3 is 6.18 Å². The van der Waals surface area contributed by atoms with Gasteiger partial charge in [-0.2, -0.15) is 24.9 Å². The van der Waals surface area contributed by atoms with Crippen LogP contribution in [-0.2, 0) is 33.6 Å². The summed E-state index contributed by atoms with van der Waals surface area (Å²) in [5.74, 6) is 0.483. The number of nitrogens with one attached hydrogen (secondary N) is 5. The maximum absolute atomic E-state index is 13.5. The molecule has 0 aromatic heterocycles. The summed E-state index contributed by atoms with van der Waals surface area (Å²) in [7, 11) is 0. The summed E-state index contributed by atoms with van der Waals surface area (Å²) in [4.78, 5) is 40.9. The minimum atomic E-state index is -4.75. The Balaban J connectivity index is 1.41. The van der Waals surface area contributed by atoms with Gasteiger partial charge in [-0.05, 0) is 41.5 Å². The van der Waals surface area contributed by atoms with E-state index in [1.165, 1.54) is 12.1 Å². The van der Waals surface area contributed by atoms with Crippen molar-refractivity contribution in [2.45, 2.75) is 19.2 Å². The maximum Gasteiger partial charge on any atom is 0.418 e. The number of anilines is 2. The molecule has 0 aliphatic rings. The van der Waals surface area contributed by atoms with Gasteiger partial charge in [0.2, 0.25) is 12.3 Å². The molecular weight excluding hydrogens is 559 g/mol. The van der Waals surface area contributed by atoms with Crippen LogP contribution in [0.2, 0.25) is 0 Å². The topological polar surface area (TPSA) is 121 Å². The third-order valence-corrected chi connectivity index (χ3v) is 6.48. The van der Waals surface area contributed by atoms with Crippen molar-refractivity contribution in [1.29, 1.82) is 0 Å². The molecular formula is C28H30F3N5O4S. The van der Waals surface area contributed by atoms with Crippen LogP contribution in [0.5, 0.6) is 0 Å². The molecule has 9 nitrogen and oxygen atoms in total. The summed E-state index contributed by atoms with van der Waals surface area (Å²) in [6, 6.07) is 19.3. The largest absolute Gasteiger partial charge is 0.418 e. The second-order valence-corrected chi connectivity index (χ2v) is 9.83. The van der Waals surface area contributed by atoms with Crippen molar-refractivity contribution >= 4 is 41.4 Å². The Bertz CT molecular complexity index is 1300. The van der Waals surface area contributed by atoms with E-state index in [-0.39, 0.29) is 24.4 Å². The van der Waals surface area contributed by atoms with Crippen molar-refractivity contribution in [3.63, 3.8) is 0 Å². The molecule has 0 saturated heterocycles. The molecule has 0 spiro atoms. The fourth-order valence-corrected chi connectivity index (χ4v) is 4.29. The monoisotopic (exact) mass is 589 g/mol. The Hall–Kier alpha value is -4.07. The minimum absolute atomic E-state index is 0.0101. The number of hydrogen-bond donors (Lipinski definition) is 5. The SMILES string of the molecule is O=CNNc1ccc(NC(=O)Cc2cccc(C(=O)NCCSCCNOCc3ccccc3)c2)c(C(F)(F)F)c1. The van der Waals surface area contributed by atoms with Crippen molar-refractivity contribution in [3.05, 3.63) is 95.1 Å². The highest BCUT2D eigenvalue weighted by atomic mass is 32.2. The molecule has 0 saturated carbocycles. The maximum atomic E-state index is 13.5. The first-order valence-electron chi connectivity index (χ1n) is 12.6. The van der Waals surface area contributed by atoms with Gasteiger partial charge in [-0.1, -0.05) is 42.5 Å². The number of carbonyl (C=O) groups excluding carboxylic acids is 3. The molecule has 0 unspecified atom stereocenters. The van der Waals surface area contributed by atoms with Gasteiger partial charge in [0.15, 0.2) is 0 Å². The molecule has 3 aromatic carbocycles. The van der Waals surface area contributed by atoms with Gasteiger partial charge in [0, 0.05) is 30.2 Å². The number of benzene rings is 3. The number of amides is 3. The molecule has 41 heavy (non-hydrogen) atoms. The molecule has 3 amide bonds. The molecule has 0 fully saturated rings. The highest BCUT2D eigenvalue weighted by molar-refractivity contribution is 7.99. The lowest BCUT2D eigenvalue weighted by Gasteiger charge is -2.16. The zero-order valence-electron chi connectivity index (χ0n) is 21.9. The van der Waals surface area contributed by atoms with E-state index >= 15 is 0 Å². The molecule has 0 aliphatic carbocycles. The van der Waals surface area contributed by atoms with Gasteiger partial charge < -0.3 is 10.6 Å². The normalized spacial score (nSPS) is 11.0. The summed E-state index contributed by atoms with van der Waals surface area (Å²) in [6.07, 6.45) is -4.70. The first kappa shape index (κ1) is 31.5. The number of hydrogen-bond acceptors (Lipinski definition) is 7. The molecule has 218 valence electrons. The number of alkyl halides is 3. The van der Waals surface area contributed by atoms with Crippen molar-refractivity contribution in [2.75, 3.05) is 35.3 Å². The minimum Gasteiger partial charge on any atom is -0.351 e. The van der Waals surface area contributed by atoms with Crippen molar-refractivity contribution in [3.8, 4) is 0 Å². The van der Waals surface area contributed by atoms with Crippen molar-refractivity contribution in [2.24, 2.45) is 0 Å². The third kappa shape index (κ3) is 11.1. The molecule has 0 radical (unpaired) electrons. The van der Waals surface area contributed by atoms with Crippen LogP contribution >= 0.6 is 11.8 Å². The van der Waals surface area contributed by atoms with Crippen molar-refractivity contribution < 1.29 is 32.4 Å². The molecule has 3 rings (SSSR count). The summed E-state index contributed by atoms with van der Waals surface area (Å²) < 4.78 is 40.6. The van der Waals surface area contributed by atoms with Gasteiger partial charge in [-0.25, -0.2) is 5.48 Å². The third-order valence-electron chi connectivity index (χ3n) is 5.49. The smallest absolute Gasteiger partial charge is 0.351 e. The fraction of sp³-hybridized carbons (Fsp3) is 0.250. The second-order valence-electron chi connectivity index (χ2n) is 8.61. The first-order chi connectivity index (χ1) is 19.8. The van der Waals surface area contributed by atoms with E-state index in [0.29, 0.717) is 36.6 Å². The predicted octanol–water partition coefficient (Wildman–Crippen LogP) is 4.14. The van der Waals surface area contributed by atoms with E-state index < -0.39 is 23.3 Å². The van der Waals surface area contributed by atoms with Gasteiger partial charge in [-0.3, -0.25) is 30.1 Å². The van der Waals surface area contributed by atoms with Gasteiger partial charge in [0.05, 0.1) is 30.0 Å². The first-order valence-corrected chi connectivity index (χ1v) is 13.7. The van der Waals surface area contributed by atoms with E-state index in [9.17, 15) is 27.6 Å². The van der Waals surface area contributed by atoms with E-state index in [0.717, 1.165) is 23.4 Å². The number of rotatable bonds is 16. The zero-order valence-corrected chi connectivity index (χ0v) is 22.7. The Labute approximate surface area is 239 Å². The Kier molecular flexibility index (Phi) is 12.5. The van der Waals surface area contributed by atoms with Crippen LogP contribution in [0.25, 0.3) is 0 Å². The molecule has 0 atom stereocenters. The molecule has 0 aliphatic heterocycles. The highest BCUT2D eigenvalue weighted by Crippen LogP contribution is 2.36. The molecule has 13 heteroatoms. The Morgan fingerprint density at radius 1 is 0.902 bits per heavy atom. The number of hydrazine groups is 1. The van der Waals surface area contributed by atoms with Gasteiger partial charge in [0.25, 0.3) is 5.91 Å². The summed E-state index contributed by atoms with van der Waals surface area (Å²) in [5.41, 5.74) is 7.62. The van der Waals surface area contributed by atoms with Crippen LogP contribution < -0.4 is 27.0 Å². The number of halogens is 3. The average molecular weight is 590 g/mol. The quantitative estimate of drug-likeness (QED) is 0.0968. The van der Waals surface area contributed by atoms with Crippen LogP contribution in [0.15, 0.2) is 72.8 Å². The molecule has 5 N–H and O–H groups in total. The molecule has 0 bridgehead atoms. The van der Waals surface area contributed by atoms with E-state index in [1.54, 1.807) is 30.0 Å². The summed E-state index contributed by atoms with van der Waals surface area (Å²) in [6.45, 7) is 1.56. The molecule has 0 heterocycles. The second kappa shape index (κ2) is 16.3. The standard InChI is InChI=1S/C28H30F3N5O4S/c29-28(30,31)24-17-23(36-33-19-37)9-10-25(24)35-26(38)16-21-7-4-8-22(15-21)27(39)32-11-13-41-14-12-34-40-18-20-5-2-1-3-6-20/h1-10,15,17,19,34,36H,11-14,16,18H2,(H,32,39)(H,33,37)(H,35,38). The van der Waals surface area contributed by atoms with Crippen LogP contribution in [0.4, 0.5) is 24.5 Å². The summed E-state index contributed by atoms with van der Waals surface area (Å²) >= 11 is 1.64.